The third-order valence-electron chi connectivity index (χ3n) is 7.68. The fourth-order valence-corrected chi connectivity index (χ4v) is 5.41. The second-order valence-corrected chi connectivity index (χ2v) is 22.3. The van der Waals surface area contributed by atoms with Gasteiger partial charge in [-0.15, -0.1) is 0 Å². The summed E-state index contributed by atoms with van der Waals surface area (Å²) in [6.07, 6.45) is 1.00. The van der Waals surface area contributed by atoms with Crippen LogP contribution in [0.5, 0.6) is 0 Å². The van der Waals surface area contributed by atoms with Crippen LogP contribution in [0.15, 0.2) is 42.5 Å². The molecule has 0 saturated heterocycles. The van der Waals surface area contributed by atoms with Crippen LogP contribution in [-0.4, -0.2) is 64.3 Å². The van der Waals surface area contributed by atoms with Gasteiger partial charge in [-0.2, -0.15) is 0 Å². The topological polar surface area (TPSA) is 85.2 Å². The van der Waals surface area contributed by atoms with Crippen molar-refractivity contribution in [1.29, 1.82) is 0 Å². The number of benzene rings is 1. The fourth-order valence-electron chi connectivity index (χ4n) is 3.08. The predicted molar refractivity (Wildman–Crippen MR) is 152 cm³/mol. The number of rotatable bonds is 12. The van der Waals surface area contributed by atoms with Gasteiger partial charge in [-0.05, 0) is 48.4 Å². The first-order chi connectivity index (χ1) is 16.3. The average molecular weight is 539 g/mol. The van der Waals surface area contributed by atoms with E-state index in [0.29, 0.717) is 12.2 Å². The molecular formula is C28H50O6Si2. The van der Waals surface area contributed by atoms with Crippen molar-refractivity contribution in [2.24, 2.45) is 5.92 Å². The number of hydrogen-bond donors (Lipinski definition) is 2. The molecule has 0 amide bonds. The molecule has 6 nitrogen and oxygen atoms in total. The summed E-state index contributed by atoms with van der Waals surface area (Å²) in [6.45, 7) is 23.6. The Morgan fingerprint density at radius 1 is 0.944 bits per heavy atom. The highest BCUT2D eigenvalue weighted by molar-refractivity contribution is 6.74. The zero-order valence-electron chi connectivity index (χ0n) is 24.3. The second-order valence-electron chi connectivity index (χ2n) is 12.7. The largest absolute Gasteiger partial charge is 0.453 e. The molecule has 0 unspecified atom stereocenters. The Labute approximate surface area is 221 Å². The van der Waals surface area contributed by atoms with E-state index in [9.17, 15) is 15.0 Å². The zero-order chi connectivity index (χ0) is 27.9. The lowest BCUT2D eigenvalue weighted by Gasteiger charge is -2.43. The second kappa shape index (κ2) is 13.0. The molecule has 0 aromatic heterocycles. The van der Waals surface area contributed by atoms with Gasteiger partial charge in [-0.3, -0.25) is 0 Å². The molecule has 1 aromatic carbocycles. The maximum Gasteiger partial charge on any atom is 0.338 e. The Hall–Kier alpha value is -1.30. The Kier molecular flexibility index (Phi) is 11.8. The molecule has 36 heavy (non-hydrogen) atoms. The van der Waals surface area contributed by atoms with E-state index < -0.39 is 47.5 Å². The van der Waals surface area contributed by atoms with Crippen LogP contribution in [-0.2, 0) is 13.6 Å². The molecule has 1 aromatic rings. The van der Waals surface area contributed by atoms with Crippen LogP contribution in [0, 0.1) is 5.92 Å². The molecule has 1 rings (SSSR count). The van der Waals surface area contributed by atoms with Crippen molar-refractivity contribution in [2.45, 2.75) is 103 Å². The monoisotopic (exact) mass is 538 g/mol. The Morgan fingerprint density at radius 3 is 1.94 bits per heavy atom. The highest BCUT2D eigenvalue weighted by Gasteiger charge is 2.44. The highest BCUT2D eigenvalue weighted by Crippen LogP contribution is 2.39. The number of carbonyl (C=O) groups is 1. The normalized spacial score (nSPS) is 17.0. The maximum atomic E-state index is 12.9. The molecule has 0 radical (unpaired) electrons. The lowest BCUT2D eigenvalue weighted by atomic mass is 9.95. The number of aliphatic hydroxyl groups is 2. The zero-order valence-corrected chi connectivity index (χ0v) is 26.3. The van der Waals surface area contributed by atoms with Gasteiger partial charge in [0.1, 0.15) is 6.10 Å². The van der Waals surface area contributed by atoms with E-state index in [1.165, 1.54) is 0 Å². The molecule has 0 aliphatic rings. The van der Waals surface area contributed by atoms with Gasteiger partial charge in [-0.25, -0.2) is 4.79 Å². The molecule has 0 fully saturated rings. The first kappa shape index (κ1) is 32.7. The molecule has 0 aliphatic carbocycles. The predicted octanol–water partition coefficient (Wildman–Crippen LogP) is 6.17. The van der Waals surface area contributed by atoms with Crippen molar-refractivity contribution in [1.82, 2.24) is 0 Å². The highest BCUT2D eigenvalue weighted by atomic mass is 28.4. The molecular weight excluding hydrogens is 488 g/mol. The summed E-state index contributed by atoms with van der Waals surface area (Å²) in [6, 6.07) is 8.65. The van der Waals surface area contributed by atoms with E-state index in [4.69, 9.17) is 13.6 Å². The SMILES string of the molecule is C[C@@H](/C=C\CO[Si](C)(C)C(C)(C)C)[C@@H](O[Si](C)(C)C(C)(C)C)[C@H](OC(=O)c1ccccc1)[C@H](O)CO. The van der Waals surface area contributed by atoms with Crippen LogP contribution >= 0.6 is 0 Å². The average Bonchev–Trinajstić information content (AvgIpc) is 2.77. The van der Waals surface area contributed by atoms with Crippen LogP contribution in [0.4, 0.5) is 0 Å². The van der Waals surface area contributed by atoms with E-state index in [1.54, 1.807) is 24.3 Å². The molecule has 206 valence electrons. The summed E-state index contributed by atoms with van der Waals surface area (Å²) in [4.78, 5) is 12.9. The first-order valence-corrected chi connectivity index (χ1v) is 18.7. The van der Waals surface area contributed by atoms with Gasteiger partial charge >= 0.3 is 5.97 Å². The molecule has 4 atom stereocenters. The van der Waals surface area contributed by atoms with Crippen LogP contribution < -0.4 is 0 Å². The van der Waals surface area contributed by atoms with Gasteiger partial charge < -0.3 is 23.8 Å². The lowest BCUT2D eigenvalue weighted by Crippen LogP contribution is -2.53. The molecule has 2 N–H and O–H groups in total. The molecule has 8 heteroatoms. The van der Waals surface area contributed by atoms with E-state index >= 15 is 0 Å². The lowest BCUT2D eigenvalue weighted by molar-refractivity contribution is -0.0920. The Morgan fingerprint density at radius 2 is 1.47 bits per heavy atom. The van der Waals surface area contributed by atoms with Gasteiger partial charge in [0.25, 0.3) is 0 Å². The van der Waals surface area contributed by atoms with Crippen LogP contribution in [0.1, 0.15) is 58.8 Å². The smallest absolute Gasteiger partial charge is 0.338 e. The van der Waals surface area contributed by atoms with Crippen LogP contribution in [0.3, 0.4) is 0 Å². The van der Waals surface area contributed by atoms with Crippen molar-refractivity contribution >= 4 is 22.6 Å². The van der Waals surface area contributed by atoms with Crippen molar-refractivity contribution in [3.63, 3.8) is 0 Å². The third kappa shape index (κ3) is 9.22. The summed E-state index contributed by atoms with van der Waals surface area (Å²) >= 11 is 0. The fraction of sp³-hybridized carbons (Fsp3) is 0.679. The molecule has 0 spiro atoms. The summed E-state index contributed by atoms with van der Waals surface area (Å²) in [5, 5.41) is 20.6. The van der Waals surface area contributed by atoms with E-state index in [1.807, 2.05) is 25.1 Å². The summed E-state index contributed by atoms with van der Waals surface area (Å²) < 4.78 is 18.8. The van der Waals surface area contributed by atoms with E-state index in [2.05, 4.69) is 67.7 Å². The molecule has 0 aliphatic heterocycles. The third-order valence-corrected chi connectivity index (χ3v) is 16.7. The van der Waals surface area contributed by atoms with Gasteiger partial charge in [0, 0.05) is 5.92 Å². The number of hydrogen-bond acceptors (Lipinski definition) is 6. The number of esters is 1. The maximum absolute atomic E-state index is 12.9. The number of carbonyl (C=O) groups excluding carboxylic acids is 1. The molecule has 0 saturated carbocycles. The van der Waals surface area contributed by atoms with E-state index in [0.717, 1.165) is 0 Å². The summed E-state index contributed by atoms with van der Waals surface area (Å²) in [5.41, 5.74) is 0.379. The summed E-state index contributed by atoms with van der Waals surface area (Å²) in [7, 11) is -4.22. The van der Waals surface area contributed by atoms with Crippen molar-refractivity contribution in [2.75, 3.05) is 13.2 Å². The van der Waals surface area contributed by atoms with Crippen LogP contribution in [0.2, 0.25) is 36.3 Å². The van der Waals surface area contributed by atoms with E-state index in [-0.39, 0.29) is 16.0 Å². The van der Waals surface area contributed by atoms with Crippen molar-refractivity contribution in [3.8, 4) is 0 Å². The van der Waals surface area contributed by atoms with Gasteiger partial charge in [-0.1, -0.05) is 78.8 Å². The minimum atomic E-state index is -2.33. The summed E-state index contributed by atoms with van der Waals surface area (Å²) in [5.74, 6) is -0.772. The van der Waals surface area contributed by atoms with Crippen molar-refractivity contribution in [3.05, 3.63) is 48.0 Å². The molecule has 0 heterocycles. The van der Waals surface area contributed by atoms with Gasteiger partial charge in [0.2, 0.25) is 0 Å². The minimum Gasteiger partial charge on any atom is -0.453 e. The van der Waals surface area contributed by atoms with Crippen LogP contribution in [0.25, 0.3) is 0 Å². The molecule has 0 bridgehead atoms. The van der Waals surface area contributed by atoms with Gasteiger partial charge in [0.15, 0.2) is 22.7 Å². The van der Waals surface area contributed by atoms with Crippen molar-refractivity contribution < 1.29 is 28.6 Å². The standard InChI is InChI=1S/C28H50O6Si2/c1-21(16-15-19-32-35(8,9)27(2,3)4)24(34-36(10,11)28(5,6)7)25(23(30)20-29)33-26(31)22-17-13-12-14-18-22/h12-18,21,23-25,29-30H,19-20H2,1-11H3/b16-15-/t21-,23+,24+,25+/m0/s1. The first-order valence-electron chi connectivity index (χ1n) is 12.9. The number of aliphatic hydroxyl groups excluding tert-OH is 2. The Balaban J connectivity index is 3.26. The van der Waals surface area contributed by atoms with Gasteiger partial charge in [0.05, 0.1) is 24.9 Å². The quantitative estimate of drug-likeness (QED) is 0.188. The minimum absolute atomic E-state index is 0.0989. The number of ether oxygens (including phenoxy) is 1. The Bertz CT molecular complexity index is 840.